The van der Waals surface area contributed by atoms with Gasteiger partial charge >= 0.3 is 5.97 Å². The van der Waals surface area contributed by atoms with Crippen molar-refractivity contribution in [2.75, 3.05) is 13.2 Å². The van der Waals surface area contributed by atoms with Crippen molar-refractivity contribution in [3.05, 3.63) is 65.4 Å². The lowest BCUT2D eigenvalue weighted by molar-refractivity contribution is -0.140. The lowest BCUT2D eigenvalue weighted by Gasteiger charge is -2.36. The number of allylic oxidation sites excluding steroid dienone is 1. The second-order valence-corrected chi connectivity index (χ2v) is 10.3. The fourth-order valence-electron chi connectivity index (χ4n) is 4.62. The minimum Gasteiger partial charge on any atom is -0.463 e. The van der Waals surface area contributed by atoms with Gasteiger partial charge in [0.1, 0.15) is 0 Å². The number of nitrogens with one attached hydrogen (secondary N) is 1. The Balaban J connectivity index is 1.80. The highest BCUT2D eigenvalue weighted by Crippen LogP contribution is 2.48. The Labute approximate surface area is 195 Å². The third-order valence-electron chi connectivity index (χ3n) is 6.42. The summed E-state index contributed by atoms with van der Waals surface area (Å²) in [7, 11) is -3.86. The van der Waals surface area contributed by atoms with Gasteiger partial charge in [-0.25, -0.2) is 23.4 Å². The molecule has 1 saturated carbocycles. The van der Waals surface area contributed by atoms with Crippen LogP contribution in [-0.4, -0.2) is 32.5 Å². The molecule has 1 aliphatic carbocycles. The van der Waals surface area contributed by atoms with Gasteiger partial charge < -0.3 is 10.2 Å². The molecule has 1 unspecified atom stereocenters. The number of carbonyl (C=O) groups is 1. The van der Waals surface area contributed by atoms with Gasteiger partial charge in [-0.2, -0.15) is 0 Å². The van der Waals surface area contributed by atoms with E-state index < -0.39 is 15.6 Å². The van der Waals surface area contributed by atoms with E-state index in [9.17, 15) is 13.2 Å². The second kappa shape index (κ2) is 8.93. The minimum absolute atomic E-state index is 0.0854. The van der Waals surface area contributed by atoms with Gasteiger partial charge in [0.15, 0.2) is 0 Å². The van der Waals surface area contributed by atoms with Gasteiger partial charge in [0, 0.05) is 23.7 Å². The van der Waals surface area contributed by atoms with Gasteiger partial charge in [-0.15, -0.1) is 0 Å². The first-order valence-electron chi connectivity index (χ1n) is 11.4. The van der Waals surface area contributed by atoms with Crippen LogP contribution in [0.2, 0.25) is 0 Å². The number of hydrogen-bond acceptors (Lipinski definition) is 6. The number of hydrazine groups is 1. The summed E-state index contributed by atoms with van der Waals surface area (Å²) in [4.78, 5) is 13.2. The van der Waals surface area contributed by atoms with Crippen LogP contribution in [0.25, 0.3) is 11.1 Å². The molecular weight excluding hydrogens is 438 g/mol. The number of hydrogen-bond donors (Lipinski definition) is 2. The van der Waals surface area contributed by atoms with E-state index in [2.05, 4.69) is 17.4 Å². The Hall–Kier alpha value is -2.68. The first-order valence-corrected chi connectivity index (χ1v) is 12.9. The number of rotatable bonds is 8. The molecule has 1 atom stereocenters. The molecule has 8 heteroatoms. The molecule has 1 fully saturated rings. The molecule has 2 aromatic rings. The molecule has 2 aromatic carbocycles. The molecule has 33 heavy (non-hydrogen) atoms. The highest BCUT2D eigenvalue weighted by molar-refractivity contribution is 7.89. The number of ether oxygens (including phenoxy) is 1. The lowest BCUT2D eigenvalue weighted by Crippen LogP contribution is -2.47. The third kappa shape index (κ3) is 4.30. The Morgan fingerprint density at radius 2 is 1.82 bits per heavy atom. The summed E-state index contributed by atoms with van der Waals surface area (Å²) in [6.45, 7) is 7.04. The van der Waals surface area contributed by atoms with Gasteiger partial charge in [0.2, 0.25) is 10.0 Å². The third-order valence-corrected chi connectivity index (χ3v) is 7.38. The summed E-state index contributed by atoms with van der Waals surface area (Å²) in [5, 5.41) is 7.55. The predicted octanol–water partition coefficient (Wildman–Crippen LogP) is 3.67. The summed E-state index contributed by atoms with van der Waals surface area (Å²) < 4.78 is 29.6. The molecule has 0 spiro atoms. The average Bonchev–Trinajstić information content (AvgIpc) is 3.59. The van der Waals surface area contributed by atoms with Crippen LogP contribution in [0.3, 0.4) is 0 Å². The first kappa shape index (κ1) is 23.5. The minimum atomic E-state index is -3.86. The zero-order chi connectivity index (χ0) is 23.8. The second-order valence-electron chi connectivity index (χ2n) is 8.74. The Kier molecular flexibility index (Phi) is 6.35. The van der Waals surface area contributed by atoms with E-state index in [-0.39, 0.29) is 10.9 Å². The van der Waals surface area contributed by atoms with E-state index in [1.807, 2.05) is 38.1 Å². The zero-order valence-electron chi connectivity index (χ0n) is 19.3. The van der Waals surface area contributed by atoms with Crippen LogP contribution in [0.1, 0.15) is 45.6 Å². The van der Waals surface area contributed by atoms with E-state index >= 15 is 0 Å². The quantitative estimate of drug-likeness (QED) is 0.572. The summed E-state index contributed by atoms with van der Waals surface area (Å²) in [5.41, 5.74) is 6.66. The van der Waals surface area contributed by atoms with Crippen molar-refractivity contribution in [3.8, 4) is 11.1 Å². The van der Waals surface area contributed by atoms with Crippen molar-refractivity contribution in [3.63, 3.8) is 0 Å². The van der Waals surface area contributed by atoms with Crippen LogP contribution in [0.4, 0.5) is 0 Å². The van der Waals surface area contributed by atoms with Crippen LogP contribution >= 0.6 is 0 Å². The van der Waals surface area contributed by atoms with Crippen LogP contribution < -0.4 is 10.6 Å². The van der Waals surface area contributed by atoms with Gasteiger partial charge in [0.25, 0.3) is 0 Å². The fraction of sp³-hybridized carbons (Fsp3) is 0.400. The lowest BCUT2D eigenvalue weighted by atomic mass is 9.82. The Morgan fingerprint density at radius 1 is 1.15 bits per heavy atom. The molecule has 0 amide bonds. The van der Waals surface area contributed by atoms with Crippen LogP contribution in [-0.2, 0) is 25.1 Å². The van der Waals surface area contributed by atoms with Crippen molar-refractivity contribution in [2.45, 2.75) is 50.5 Å². The Bertz CT molecular complexity index is 1190. The van der Waals surface area contributed by atoms with Crippen molar-refractivity contribution < 1.29 is 17.9 Å². The molecular formula is C25H31N3O4S. The first-order chi connectivity index (χ1) is 15.7. The summed E-state index contributed by atoms with van der Waals surface area (Å²) in [6, 6.07) is 14.4. The normalized spacial score (nSPS) is 21.2. The van der Waals surface area contributed by atoms with Gasteiger partial charge in [0.05, 0.1) is 22.6 Å². The molecule has 1 heterocycles. The van der Waals surface area contributed by atoms with E-state index in [0.29, 0.717) is 23.7 Å². The largest absolute Gasteiger partial charge is 0.463 e. The maximum absolute atomic E-state index is 13.1. The molecule has 176 valence electrons. The molecule has 4 rings (SSSR count). The van der Waals surface area contributed by atoms with E-state index in [4.69, 9.17) is 9.88 Å². The van der Waals surface area contributed by atoms with Gasteiger partial charge in [-0.05, 0) is 50.3 Å². The number of benzene rings is 2. The van der Waals surface area contributed by atoms with Gasteiger partial charge in [-0.3, -0.25) is 0 Å². The van der Waals surface area contributed by atoms with Gasteiger partial charge in [-0.1, -0.05) is 49.4 Å². The van der Waals surface area contributed by atoms with Crippen molar-refractivity contribution in [1.82, 2.24) is 10.4 Å². The summed E-state index contributed by atoms with van der Waals surface area (Å²) >= 11 is 0. The average molecular weight is 470 g/mol. The maximum Gasteiger partial charge on any atom is 0.338 e. The smallest absolute Gasteiger partial charge is 0.338 e. The van der Waals surface area contributed by atoms with Crippen molar-refractivity contribution in [2.24, 2.45) is 11.1 Å². The molecule has 1 aliphatic heterocycles. The fourth-order valence-corrected chi connectivity index (χ4v) is 5.38. The maximum atomic E-state index is 13.1. The van der Waals surface area contributed by atoms with E-state index in [1.54, 1.807) is 18.2 Å². The molecule has 3 N–H and O–H groups in total. The highest BCUT2D eigenvalue weighted by atomic mass is 32.2. The summed E-state index contributed by atoms with van der Waals surface area (Å²) in [5.74, 6) is 0.0585. The highest BCUT2D eigenvalue weighted by Gasteiger charge is 2.51. The number of primary sulfonamides is 1. The number of esters is 1. The number of nitrogens with two attached hydrogens (primary N) is 1. The van der Waals surface area contributed by atoms with Crippen molar-refractivity contribution in [1.29, 1.82) is 0 Å². The molecule has 0 radical (unpaired) electrons. The SMILES string of the molecule is CCCN1NC(C2CC2)=C(C(=O)OCC)C1(C)c1ccc(-c2ccccc2S(N)(=O)=O)cc1. The van der Waals surface area contributed by atoms with E-state index in [0.717, 1.165) is 42.6 Å². The number of carbonyl (C=O) groups excluding carboxylic acids is 1. The monoisotopic (exact) mass is 469 g/mol. The standard InChI is InChI=1S/C25H31N3O4S/c1-4-16-28-25(3,22(24(29)32-5-2)23(27-28)18-10-11-18)19-14-12-17(13-15-19)20-8-6-7-9-21(20)33(26,30)31/h6-9,12-15,18,27H,4-5,10-11,16H2,1-3H3,(H2,26,30,31). The number of nitrogens with zero attached hydrogens (tertiary/aromatic N) is 1. The zero-order valence-corrected chi connectivity index (χ0v) is 20.1. The summed E-state index contributed by atoms with van der Waals surface area (Å²) in [6.07, 6.45) is 3.03. The molecule has 0 bridgehead atoms. The topological polar surface area (TPSA) is 102 Å². The molecule has 0 aromatic heterocycles. The number of sulfonamides is 1. The van der Waals surface area contributed by atoms with Crippen LogP contribution in [0, 0.1) is 5.92 Å². The molecule has 7 nitrogen and oxygen atoms in total. The molecule has 0 saturated heterocycles. The van der Waals surface area contributed by atoms with Crippen molar-refractivity contribution >= 4 is 16.0 Å². The van der Waals surface area contributed by atoms with Crippen LogP contribution in [0.15, 0.2) is 64.7 Å². The van der Waals surface area contributed by atoms with Crippen LogP contribution in [0.5, 0.6) is 0 Å². The Morgan fingerprint density at radius 3 is 2.39 bits per heavy atom. The van der Waals surface area contributed by atoms with E-state index in [1.165, 1.54) is 6.07 Å². The molecule has 2 aliphatic rings. The predicted molar refractivity (Wildman–Crippen MR) is 127 cm³/mol.